The number of hydrogen-bond acceptors (Lipinski definition) is 3. The summed E-state index contributed by atoms with van der Waals surface area (Å²) in [5.74, 6) is 1.00. The van der Waals surface area contributed by atoms with Crippen molar-refractivity contribution in [2.24, 2.45) is 5.41 Å². The maximum absolute atomic E-state index is 13.4. The number of hydrogen-bond donors (Lipinski definition) is 1. The fraction of sp³-hybridized carbons (Fsp3) is 0.480. The molecule has 1 amide bonds. The van der Waals surface area contributed by atoms with Crippen LogP contribution in [0.2, 0.25) is 10.0 Å². The van der Waals surface area contributed by atoms with Crippen molar-refractivity contribution in [3.8, 4) is 0 Å². The molecule has 2 aromatic rings. The number of carbonyl (C=O) groups is 1. The topological polar surface area (TPSA) is 43.8 Å². The number of rotatable bonds is 5. The highest BCUT2D eigenvalue weighted by Gasteiger charge is 2.48. The summed E-state index contributed by atoms with van der Waals surface area (Å²) in [4.78, 5) is 17.6. The normalized spacial score (nSPS) is 22.3. The summed E-state index contributed by atoms with van der Waals surface area (Å²) in [5, 5.41) is 11.7. The molecule has 4 nitrogen and oxygen atoms in total. The molecule has 2 heterocycles. The number of piperidine rings is 1. The molecule has 31 heavy (non-hydrogen) atoms. The average Bonchev–Trinajstić information content (AvgIpc) is 3.56. The Labute approximate surface area is 193 Å². The molecule has 1 N–H and O–H groups in total. The first-order chi connectivity index (χ1) is 14.9. The standard InChI is InChI=1S/C25H28Cl2N2O2/c26-19-5-8-21(22(27)15-19)23(30)16-28-12-9-25(10-13-28)11-14-29(24(25)31)20-6-3-18(4-7-20)17-1-2-17/h3-8,15,17,23,30H,1-2,9-14,16H2. The molecule has 5 rings (SSSR count). The molecular formula is C25H28Cl2N2O2. The summed E-state index contributed by atoms with van der Waals surface area (Å²) in [7, 11) is 0. The van der Waals surface area contributed by atoms with Crippen LogP contribution in [0.3, 0.4) is 0 Å². The molecule has 0 radical (unpaired) electrons. The van der Waals surface area contributed by atoms with Gasteiger partial charge in [-0.15, -0.1) is 0 Å². The van der Waals surface area contributed by atoms with Crippen molar-refractivity contribution in [3.05, 3.63) is 63.6 Å². The molecule has 0 aromatic heterocycles. The number of β-amino-alcohol motifs (C(OH)–C–C–N with tert-alkyl or cyclic N) is 1. The second-order valence-electron chi connectivity index (χ2n) is 9.34. The van der Waals surface area contributed by atoms with Crippen molar-refractivity contribution in [1.82, 2.24) is 4.90 Å². The van der Waals surface area contributed by atoms with Crippen LogP contribution in [0.15, 0.2) is 42.5 Å². The second kappa shape index (κ2) is 8.40. The van der Waals surface area contributed by atoms with Gasteiger partial charge in [0.15, 0.2) is 0 Å². The molecule has 2 saturated heterocycles. The molecule has 1 atom stereocenters. The van der Waals surface area contributed by atoms with Gasteiger partial charge in [0.25, 0.3) is 0 Å². The number of anilines is 1. The van der Waals surface area contributed by atoms with Crippen LogP contribution in [0.4, 0.5) is 5.69 Å². The van der Waals surface area contributed by atoms with E-state index in [4.69, 9.17) is 23.2 Å². The van der Waals surface area contributed by atoms with Crippen LogP contribution >= 0.6 is 23.2 Å². The largest absolute Gasteiger partial charge is 0.387 e. The van der Waals surface area contributed by atoms with Gasteiger partial charge in [0, 0.05) is 34.4 Å². The van der Waals surface area contributed by atoms with Crippen molar-refractivity contribution in [3.63, 3.8) is 0 Å². The quantitative estimate of drug-likeness (QED) is 0.649. The van der Waals surface area contributed by atoms with E-state index in [0.29, 0.717) is 22.2 Å². The summed E-state index contributed by atoms with van der Waals surface area (Å²) in [6.45, 7) is 2.92. The molecular weight excluding hydrogens is 431 g/mol. The number of nitrogens with zero attached hydrogens (tertiary/aromatic N) is 2. The molecule has 2 aliphatic heterocycles. The highest BCUT2D eigenvalue weighted by molar-refractivity contribution is 6.35. The third-order valence-corrected chi connectivity index (χ3v) is 7.89. The first-order valence-electron chi connectivity index (χ1n) is 11.2. The predicted molar refractivity (Wildman–Crippen MR) is 125 cm³/mol. The maximum Gasteiger partial charge on any atom is 0.233 e. The summed E-state index contributed by atoms with van der Waals surface area (Å²) >= 11 is 12.2. The van der Waals surface area contributed by atoms with E-state index in [2.05, 4.69) is 29.2 Å². The van der Waals surface area contributed by atoms with Gasteiger partial charge in [0.05, 0.1) is 11.5 Å². The van der Waals surface area contributed by atoms with E-state index < -0.39 is 6.10 Å². The van der Waals surface area contributed by atoms with Gasteiger partial charge in [-0.1, -0.05) is 41.4 Å². The number of halogens is 2. The maximum atomic E-state index is 13.4. The van der Waals surface area contributed by atoms with Crippen LogP contribution in [0.25, 0.3) is 0 Å². The monoisotopic (exact) mass is 458 g/mol. The zero-order chi connectivity index (χ0) is 21.6. The van der Waals surface area contributed by atoms with Gasteiger partial charge in [0.2, 0.25) is 5.91 Å². The molecule has 1 unspecified atom stereocenters. The number of likely N-dealkylation sites (tertiary alicyclic amines) is 1. The van der Waals surface area contributed by atoms with Gasteiger partial charge in [-0.2, -0.15) is 0 Å². The number of aliphatic hydroxyl groups excluding tert-OH is 1. The summed E-state index contributed by atoms with van der Waals surface area (Å²) in [6, 6.07) is 13.8. The van der Waals surface area contributed by atoms with Gasteiger partial charge in [-0.3, -0.25) is 4.79 Å². The van der Waals surface area contributed by atoms with Crippen LogP contribution in [0, 0.1) is 5.41 Å². The van der Waals surface area contributed by atoms with Crippen molar-refractivity contribution in [2.45, 2.75) is 44.1 Å². The Morgan fingerprint density at radius 2 is 1.68 bits per heavy atom. The Morgan fingerprint density at radius 3 is 2.32 bits per heavy atom. The van der Waals surface area contributed by atoms with Gasteiger partial charge in [-0.25, -0.2) is 0 Å². The smallest absolute Gasteiger partial charge is 0.233 e. The van der Waals surface area contributed by atoms with Crippen LogP contribution in [-0.2, 0) is 4.79 Å². The summed E-state index contributed by atoms with van der Waals surface area (Å²) in [5.41, 5.74) is 2.87. The van der Waals surface area contributed by atoms with E-state index in [1.807, 2.05) is 4.90 Å². The molecule has 1 aliphatic carbocycles. The molecule has 164 valence electrons. The zero-order valence-corrected chi connectivity index (χ0v) is 19.1. The van der Waals surface area contributed by atoms with Crippen LogP contribution < -0.4 is 4.90 Å². The van der Waals surface area contributed by atoms with Gasteiger partial charge < -0.3 is 14.9 Å². The summed E-state index contributed by atoms with van der Waals surface area (Å²) < 4.78 is 0. The van der Waals surface area contributed by atoms with Crippen molar-refractivity contribution >= 4 is 34.8 Å². The van der Waals surface area contributed by atoms with Gasteiger partial charge in [0.1, 0.15) is 0 Å². The Kier molecular flexibility index (Phi) is 5.76. The highest BCUT2D eigenvalue weighted by Crippen LogP contribution is 2.44. The Hall–Kier alpha value is -1.59. The lowest BCUT2D eigenvalue weighted by molar-refractivity contribution is -0.128. The average molecular weight is 459 g/mol. The summed E-state index contributed by atoms with van der Waals surface area (Å²) in [6.07, 6.45) is 4.50. The highest BCUT2D eigenvalue weighted by atomic mass is 35.5. The first-order valence-corrected chi connectivity index (χ1v) is 12.0. The van der Waals surface area contributed by atoms with Crippen LogP contribution in [0.1, 0.15) is 55.3 Å². The van der Waals surface area contributed by atoms with E-state index in [1.165, 1.54) is 18.4 Å². The Balaban J connectivity index is 1.20. The Bertz CT molecular complexity index is 966. The fourth-order valence-corrected chi connectivity index (χ4v) is 5.69. The fourth-order valence-electron chi connectivity index (χ4n) is 5.15. The Morgan fingerprint density at radius 1 is 1.00 bits per heavy atom. The van der Waals surface area contributed by atoms with Crippen molar-refractivity contribution in [1.29, 1.82) is 0 Å². The lowest BCUT2D eigenvalue weighted by Crippen LogP contribution is -2.45. The molecule has 1 saturated carbocycles. The van der Waals surface area contributed by atoms with E-state index in [9.17, 15) is 9.90 Å². The number of benzene rings is 2. The molecule has 0 bridgehead atoms. The van der Waals surface area contributed by atoms with E-state index in [0.717, 1.165) is 50.5 Å². The minimum absolute atomic E-state index is 0.255. The van der Waals surface area contributed by atoms with Crippen molar-refractivity contribution < 1.29 is 9.90 Å². The number of aliphatic hydroxyl groups is 1. The molecule has 1 spiro atoms. The predicted octanol–water partition coefficient (Wildman–Crippen LogP) is 5.42. The van der Waals surface area contributed by atoms with Gasteiger partial charge in [-0.05, 0) is 80.9 Å². The molecule has 3 aliphatic rings. The van der Waals surface area contributed by atoms with Crippen LogP contribution in [0.5, 0.6) is 0 Å². The lowest BCUT2D eigenvalue weighted by Gasteiger charge is -2.38. The first kappa shape index (κ1) is 21.3. The third-order valence-electron chi connectivity index (χ3n) is 7.33. The second-order valence-corrected chi connectivity index (χ2v) is 10.2. The lowest BCUT2D eigenvalue weighted by atomic mass is 9.77. The van der Waals surface area contributed by atoms with Crippen LogP contribution in [-0.4, -0.2) is 42.1 Å². The molecule has 2 aromatic carbocycles. The molecule has 6 heteroatoms. The van der Waals surface area contributed by atoms with E-state index in [1.54, 1.807) is 18.2 Å². The van der Waals surface area contributed by atoms with E-state index in [-0.39, 0.29) is 11.3 Å². The molecule has 3 fully saturated rings. The van der Waals surface area contributed by atoms with Crippen molar-refractivity contribution in [2.75, 3.05) is 31.1 Å². The SMILES string of the molecule is O=C1N(c2ccc(C3CC3)cc2)CCC12CCN(CC(O)c1ccc(Cl)cc1Cl)CC2. The number of carbonyl (C=O) groups excluding carboxylic acids is 1. The minimum Gasteiger partial charge on any atom is -0.387 e. The number of amides is 1. The zero-order valence-electron chi connectivity index (χ0n) is 17.6. The van der Waals surface area contributed by atoms with Gasteiger partial charge >= 0.3 is 0 Å². The third kappa shape index (κ3) is 4.23. The van der Waals surface area contributed by atoms with E-state index >= 15 is 0 Å². The minimum atomic E-state index is -0.667.